The van der Waals surface area contributed by atoms with Gasteiger partial charge in [0.2, 0.25) is 12.7 Å². The molecular formula is C19H22FN5O3. The van der Waals surface area contributed by atoms with E-state index in [0.29, 0.717) is 48.0 Å². The number of rotatable bonds is 4. The number of nitrogens with zero attached hydrogens (tertiary/aromatic N) is 2. The Morgan fingerprint density at radius 2 is 2.14 bits per heavy atom. The SMILES string of the molecule is CNc1cc(C)nc(Nc2cc3c(c(C4=CCNC[C@H](O)C4)c2F)OCO3)n1. The van der Waals surface area contributed by atoms with E-state index in [1.54, 1.807) is 13.1 Å². The fraction of sp³-hybridized carbons (Fsp3) is 0.368. The topological polar surface area (TPSA) is 101 Å². The lowest BCUT2D eigenvalue weighted by Gasteiger charge is -2.16. The monoisotopic (exact) mass is 387 g/mol. The lowest BCUT2D eigenvalue weighted by atomic mass is 9.97. The molecule has 0 radical (unpaired) electrons. The fourth-order valence-electron chi connectivity index (χ4n) is 3.33. The molecule has 0 saturated heterocycles. The Morgan fingerprint density at radius 1 is 1.29 bits per heavy atom. The molecule has 0 amide bonds. The standard InChI is InChI=1S/C19H22FN5O3/c1-10-5-15(21-2)25-19(23-10)24-13-7-14-18(28-9-27-14)16(17(13)20)11-3-4-22-8-12(26)6-11/h3,5,7,12,22,26H,4,6,8-9H2,1-2H3,(H2,21,23,24,25)/t12-/m1/s1. The Bertz CT molecular complexity index is 934. The number of aromatic nitrogens is 2. The molecule has 0 fully saturated rings. The molecule has 3 heterocycles. The average molecular weight is 387 g/mol. The van der Waals surface area contributed by atoms with Gasteiger partial charge in [-0.3, -0.25) is 0 Å². The number of anilines is 3. The summed E-state index contributed by atoms with van der Waals surface area (Å²) < 4.78 is 26.6. The number of benzene rings is 1. The highest BCUT2D eigenvalue weighted by molar-refractivity contribution is 5.79. The molecule has 0 bridgehead atoms. The Labute approximate surface area is 161 Å². The van der Waals surface area contributed by atoms with E-state index in [4.69, 9.17) is 9.47 Å². The molecule has 0 aliphatic carbocycles. The maximum absolute atomic E-state index is 15.5. The summed E-state index contributed by atoms with van der Waals surface area (Å²) in [6.45, 7) is 2.83. The van der Waals surface area contributed by atoms with Gasteiger partial charge in [0.1, 0.15) is 5.82 Å². The molecule has 2 aliphatic rings. The molecule has 1 atom stereocenters. The van der Waals surface area contributed by atoms with Crippen molar-refractivity contribution in [3.63, 3.8) is 0 Å². The molecule has 0 saturated carbocycles. The van der Waals surface area contributed by atoms with Gasteiger partial charge in [-0.1, -0.05) is 6.08 Å². The molecule has 1 aromatic carbocycles. The maximum atomic E-state index is 15.5. The molecule has 0 unspecified atom stereocenters. The first kappa shape index (κ1) is 18.5. The normalized spacial score (nSPS) is 18.4. The summed E-state index contributed by atoms with van der Waals surface area (Å²) in [5.41, 5.74) is 1.88. The van der Waals surface area contributed by atoms with E-state index in [9.17, 15) is 5.11 Å². The molecule has 8 nitrogen and oxygen atoms in total. The van der Waals surface area contributed by atoms with Crippen LogP contribution in [0, 0.1) is 12.7 Å². The number of hydrogen-bond donors (Lipinski definition) is 4. The number of halogens is 1. The van der Waals surface area contributed by atoms with Crippen molar-refractivity contribution in [3.8, 4) is 11.5 Å². The number of hydrogen-bond acceptors (Lipinski definition) is 8. The number of ether oxygens (including phenoxy) is 2. The fourth-order valence-corrected chi connectivity index (χ4v) is 3.33. The Hall–Kier alpha value is -2.91. The summed E-state index contributed by atoms with van der Waals surface area (Å²) in [5.74, 6) is 1.18. The van der Waals surface area contributed by atoms with Crippen molar-refractivity contribution in [2.24, 2.45) is 0 Å². The first-order valence-electron chi connectivity index (χ1n) is 9.06. The van der Waals surface area contributed by atoms with Crippen LogP contribution in [0.3, 0.4) is 0 Å². The molecule has 0 spiro atoms. The van der Waals surface area contributed by atoms with E-state index in [-0.39, 0.29) is 18.4 Å². The highest BCUT2D eigenvalue weighted by atomic mass is 19.1. The number of fused-ring (bicyclic) bond motifs is 1. The molecule has 2 aliphatic heterocycles. The Kier molecular flexibility index (Phi) is 5.01. The van der Waals surface area contributed by atoms with Crippen molar-refractivity contribution in [3.05, 3.63) is 35.3 Å². The van der Waals surface area contributed by atoms with E-state index in [0.717, 1.165) is 5.69 Å². The van der Waals surface area contributed by atoms with Gasteiger partial charge in [0.15, 0.2) is 17.3 Å². The van der Waals surface area contributed by atoms with Crippen LogP contribution in [-0.2, 0) is 0 Å². The molecule has 4 rings (SSSR count). The van der Waals surface area contributed by atoms with E-state index in [1.807, 2.05) is 13.0 Å². The number of aliphatic hydroxyl groups is 1. The third-order valence-electron chi connectivity index (χ3n) is 4.61. The van der Waals surface area contributed by atoms with Crippen molar-refractivity contribution in [1.82, 2.24) is 15.3 Å². The van der Waals surface area contributed by atoms with Gasteiger partial charge in [-0.25, -0.2) is 9.37 Å². The van der Waals surface area contributed by atoms with Crippen molar-refractivity contribution in [1.29, 1.82) is 0 Å². The van der Waals surface area contributed by atoms with Gasteiger partial charge in [-0.15, -0.1) is 0 Å². The molecular weight excluding hydrogens is 365 g/mol. The lowest BCUT2D eigenvalue weighted by molar-refractivity contribution is 0.173. The minimum absolute atomic E-state index is 0.0180. The summed E-state index contributed by atoms with van der Waals surface area (Å²) in [4.78, 5) is 8.63. The predicted octanol–water partition coefficient (Wildman–Crippen LogP) is 2.18. The van der Waals surface area contributed by atoms with E-state index in [2.05, 4.69) is 25.9 Å². The third kappa shape index (κ3) is 3.58. The largest absolute Gasteiger partial charge is 0.453 e. The quantitative estimate of drug-likeness (QED) is 0.633. The lowest BCUT2D eigenvalue weighted by Crippen LogP contribution is -2.24. The van der Waals surface area contributed by atoms with Gasteiger partial charge in [-0.2, -0.15) is 4.98 Å². The van der Waals surface area contributed by atoms with Crippen LogP contribution in [0.2, 0.25) is 0 Å². The van der Waals surface area contributed by atoms with Gasteiger partial charge in [-0.05, 0) is 12.5 Å². The van der Waals surface area contributed by atoms with Crippen molar-refractivity contribution in [2.75, 3.05) is 37.6 Å². The average Bonchev–Trinajstić information content (AvgIpc) is 3.01. The number of nitrogens with one attached hydrogen (secondary N) is 3. The number of β-amino-alcohol motifs (C(OH)–C–C–N with tert-alkyl or cyclic N) is 1. The van der Waals surface area contributed by atoms with E-state index < -0.39 is 11.9 Å². The van der Waals surface area contributed by atoms with Crippen LogP contribution in [0.4, 0.5) is 21.8 Å². The van der Waals surface area contributed by atoms with Crippen molar-refractivity contribution < 1.29 is 19.0 Å². The van der Waals surface area contributed by atoms with E-state index >= 15 is 4.39 Å². The van der Waals surface area contributed by atoms with Crippen molar-refractivity contribution >= 4 is 23.0 Å². The summed E-state index contributed by atoms with van der Waals surface area (Å²) in [5, 5.41) is 19.1. The van der Waals surface area contributed by atoms with Gasteiger partial charge in [0.25, 0.3) is 0 Å². The predicted molar refractivity (Wildman–Crippen MR) is 104 cm³/mol. The highest BCUT2D eigenvalue weighted by Gasteiger charge is 2.28. The zero-order valence-electron chi connectivity index (χ0n) is 15.7. The third-order valence-corrected chi connectivity index (χ3v) is 4.61. The Morgan fingerprint density at radius 3 is 2.96 bits per heavy atom. The van der Waals surface area contributed by atoms with Crippen LogP contribution in [0.25, 0.3) is 5.57 Å². The van der Waals surface area contributed by atoms with Gasteiger partial charge in [0, 0.05) is 44.4 Å². The first-order valence-corrected chi connectivity index (χ1v) is 9.06. The van der Waals surface area contributed by atoms with E-state index in [1.165, 1.54) is 6.07 Å². The highest BCUT2D eigenvalue weighted by Crippen LogP contribution is 2.45. The minimum Gasteiger partial charge on any atom is -0.453 e. The second-order valence-corrected chi connectivity index (χ2v) is 6.69. The van der Waals surface area contributed by atoms with Gasteiger partial charge >= 0.3 is 0 Å². The maximum Gasteiger partial charge on any atom is 0.231 e. The molecule has 2 aromatic rings. The second-order valence-electron chi connectivity index (χ2n) is 6.69. The zero-order chi connectivity index (χ0) is 19.7. The molecule has 1 aromatic heterocycles. The second kappa shape index (κ2) is 7.61. The smallest absolute Gasteiger partial charge is 0.231 e. The summed E-state index contributed by atoms with van der Waals surface area (Å²) in [6, 6.07) is 3.33. The van der Waals surface area contributed by atoms with Crippen LogP contribution in [0.5, 0.6) is 11.5 Å². The molecule has 4 N–H and O–H groups in total. The van der Waals surface area contributed by atoms with Crippen LogP contribution >= 0.6 is 0 Å². The summed E-state index contributed by atoms with van der Waals surface area (Å²) in [7, 11) is 1.75. The Balaban J connectivity index is 1.77. The minimum atomic E-state index is -0.610. The van der Waals surface area contributed by atoms with Gasteiger partial charge < -0.3 is 30.5 Å². The molecule has 28 heavy (non-hydrogen) atoms. The number of aryl methyl sites for hydroxylation is 1. The van der Waals surface area contributed by atoms with Crippen molar-refractivity contribution in [2.45, 2.75) is 19.4 Å². The summed E-state index contributed by atoms with van der Waals surface area (Å²) >= 11 is 0. The van der Waals surface area contributed by atoms with Crippen LogP contribution < -0.4 is 25.4 Å². The zero-order valence-corrected chi connectivity index (χ0v) is 15.7. The molecule has 148 valence electrons. The van der Waals surface area contributed by atoms with Gasteiger partial charge in [0.05, 0.1) is 17.4 Å². The van der Waals surface area contributed by atoms with Crippen LogP contribution in [0.15, 0.2) is 18.2 Å². The first-order chi connectivity index (χ1) is 13.5. The number of aliphatic hydroxyl groups excluding tert-OH is 1. The van der Waals surface area contributed by atoms with Crippen LogP contribution in [0.1, 0.15) is 17.7 Å². The summed E-state index contributed by atoms with van der Waals surface area (Å²) in [6.07, 6.45) is 1.57. The molecule has 9 heteroatoms. The van der Waals surface area contributed by atoms with Crippen LogP contribution in [-0.4, -0.2) is 48.1 Å².